The number of benzene rings is 1. The highest BCUT2D eigenvalue weighted by Gasteiger charge is 2.38. The molecule has 0 N–H and O–H groups in total. The molecule has 0 saturated carbocycles. The van der Waals surface area contributed by atoms with E-state index < -0.39 is 23.5 Å². The van der Waals surface area contributed by atoms with Crippen molar-refractivity contribution in [2.45, 2.75) is 6.10 Å². The zero-order valence-corrected chi connectivity index (χ0v) is 9.79. The highest BCUT2D eigenvalue weighted by Crippen LogP contribution is 2.28. The van der Waals surface area contributed by atoms with Crippen molar-refractivity contribution in [3.63, 3.8) is 0 Å². The van der Waals surface area contributed by atoms with Gasteiger partial charge in [-0.05, 0) is 12.1 Å². The Bertz CT molecular complexity index is 513. The monoisotopic (exact) mass is 269 g/mol. The van der Waals surface area contributed by atoms with E-state index in [1.54, 1.807) is 30.3 Å². The lowest BCUT2D eigenvalue weighted by atomic mass is 10.3. The van der Waals surface area contributed by atoms with Gasteiger partial charge in [0.1, 0.15) is 10.8 Å². The molecule has 0 radical (unpaired) electrons. The summed E-state index contributed by atoms with van der Waals surface area (Å²) in [6.45, 7) is -0.577. The average molecular weight is 270 g/mol. The summed E-state index contributed by atoms with van der Waals surface area (Å²) in [5.41, 5.74) is 0. The van der Waals surface area contributed by atoms with Crippen LogP contribution in [0.3, 0.4) is 0 Å². The summed E-state index contributed by atoms with van der Waals surface area (Å²) in [6.07, 6.45) is -1.08. The second-order valence-corrected chi connectivity index (χ2v) is 3.91. The highest BCUT2D eigenvalue weighted by molar-refractivity contribution is 6.33. The Morgan fingerprint density at radius 3 is 2.67 bits per heavy atom. The molecular weight excluding hydrogens is 262 g/mol. The molecule has 2 rings (SSSR count). The molecule has 1 heterocycles. The zero-order valence-electron chi connectivity index (χ0n) is 9.04. The Hall–Kier alpha value is -2.08. The number of hydrogen-bond donors (Lipinski definition) is 0. The Kier molecular flexibility index (Phi) is 3.47. The van der Waals surface area contributed by atoms with Gasteiger partial charge >= 0.3 is 5.97 Å². The van der Waals surface area contributed by atoms with Gasteiger partial charge in [0.15, 0.2) is 0 Å². The van der Waals surface area contributed by atoms with Crippen molar-refractivity contribution in [3.8, 4) is 5.75 Å². The molecule has 0 amide bonds. The SMILES string of the molecule is O=C1O[C@H](C[N+](=O)[O-])C(Cl)=C1Oc1ccccc1. The fraction of sp³-hybridized carbons (Fsp3) is 0.182. The Balaban J connectivity index is 2.18. The molecule has 0 unspecified atom stereocenters. The number of esters is 1. The fourth-order valence-corrected chi connectivity index (χ4v) is 1.66. The average Bonchev–Trinajstić information content (AvgIpc) is 2.58. The van der Waals surface area contributed by atoms with Crippen LogP contribution in [0.25, 0.3) is 0 Å². The minimum atomic E-state index is -1.08. The lowest BCUT2D eigenvalue weighted by Gasteiger charge is -2.03. The molecule has 18 heavy (non-hydrogen) atoms. The zero-order chi connectivity index (χ0) is 13.1. The summed E-state index contributed by atoms with van der Waals surface area (Å²) in [5.74, 6) is -0.588. The Morgan fingerprint density at radius 1 is 1.39 bits per heavy atom. The molecule has 1 atom stereocenters. The molecule has 1 aromatic carbocycles. The summed E-state index contributed by atoms with van der Waals surface area (Å²) >= 11 is 5.84. The highest BCUT2D eigenvalue weighted by atomic mass is 35.5. The summed E-state index contributed by atoms with van der Waals surface area (Å²) in [7, 11) is 0. The number of para-hydroxylation sites is 1. The quantitative estimate of drug-likeness (QED) is 0.472. The molecule has 0 saturated heterocycles. The van der Waals surface area contributed by atoms with E-state index in [4.69, 9.17) is 21.1 Å². The number of nitro groups is 1. The van der Waals surface area contributed by atoms with Crippen LogP contribution in [-0.4, -0.2) is 23.5 Å². The third-order valence-electron chi connectivity index (χ3n) is 2.21. The first kappa shape index (κ1) is 12.4. The van der Waals surface area contributed by atoms with E-state index in [0.717, 1.165) is 0 Å². The van der Waals surface area contributed by atoms with Crippen LogP contribution < -0.4 is 4.74 Å². The Morgan fingerprint density at radius 2 is 2.06 bits per heavy atom. The van der Waals surface area contributed by atoms with Crippen LogP contribution in [0.4, 0.5) is 0 Å². The third kappa shape index (κ3) is 2.60. The van der Waals surface area contributed by atoms with E-state index in [1.807, 2.05) is 0 Å². The topological polar surface area (TPSA) is 78.7 Å². The van der Waals surface area contributed by atoms with Gasteiger partial charge in [-0.1, -0.05) is 29.8 Å². The number of hydrogen-bond acceptors (Lipinski definition) is 5. The van der Waals surface area contributed by atoms with Gasteiger partial charge in [-0.3, -0.25) is 10.1 Å². The van der Waals surface area contributed by atoms with Crippen LogP contribution in [0, 0.1) is 10.1 Å². The maximum Gasteiger partial charge on any atom is 0.376 e. The van der Waals surface area contributed by atoms with Crippen LogP contribution in [-0.2, 0) is 9.53 Å². The van der Waals surface area contributed by atoms with Crippen LogP contribution in [0.15, 0.2) is 41.1 Å². The van der Waals surface area contributed by atoms with E-state index in [0.29, 0.717) is 5.75 Å². The van der Waals surface area contributed by atoms with E-state index in [1.165, 1.54) is 0 Å². The predicted octanol–water partition coefficient (Wildman–Crippen LogP) is 1.72. The first-order valence-electron chi connectivity index (χ1n) is 5.03. The maximum absolute atomic E-state index is 11.5. The molecule has 7 heteroatoms. The van der Waals surface area contributed by atoms with Gasteiger partial charge in [-0.15, -0.1) is 0 Å². The smallest absolute Gasteiger partial charge is 0.376 e. The molecule has 1 aromatic rings. The lowest BCUT2D eigenvalue weighted by Crippen LogP contribution is -2.21. The van der Waals surface area contributed by atoms with Crippen LogP contribution >= 0.6 is 11.6 Å². The fourth-order valence-electron chi connectivity index (χ4n) is 1.43. The van der Waals surface area contributed by atoms with Gasteiger partial charge in [-0.25, -0.2) is 4.79 Å². The number of rotatable bonds is 4. The molecule has 0 spiro atoms. The summed E-state index contributed by atoms with van der Waals surface area (Å²) in [4.78, 5) is 21.2. The summed E-state index contributed by atoms with van der Waals surface area (Å²) < 4.78 is 10.0. The van der Waals surface area contributed by atoms with Crippen LogP contribution in [0.2, 0.25) is 0 Å². The number of carbonyl (C=O) groups excluding carboxylic acids is 1. The Labute approximate surface area is 107 Å². The standard InChI is InChI=1S/C11H8ClNO5/c12-9-8(6-13(15)16)18-11(14)10(9)17-7-4-2-1-3-5-7/h1-5,8H,6H2/t8-/m1/s1. The number of ether oxygens (including phenoxy) is 2. The van der Waals surface area contributed by atoms with E-state index in [9.17, 15) is 14.9 Å². The minimum Gasteiger partial charge on any atom is -0.448 e. The summed E-state index contributed by atoms with van der Waals surface area (Å²) in [6, 6.07) is 8.49. The molecule has 1 aliphatic rings. The molecule has 0 fully saturated rings. The normalized spacial score (nSPS) is 18.7. The maximum atomic E-state index is 11.5. The van der Waals surface area contributed by atoms with Crippen molar-refractivity contribution in [2.24, 2.45) is 0 Å². The lowest BCUT2D eigenvalue weighted by molar-refractivity contribution is -0.487. The van der Waals surface area contributed by atoms with Gasteiger partial charge in [0.25, 0.3) is 0 Å². The third-order valence-corrected chi connectivity index (χ3v) is 2.63. The first-order chi connectivity index (χ1) is 8.58. The number of halogens is 1. The van der Waals surface area contributed by atoms with Crippen molar-refractivity contribution in [3.05, 3.63) is 51.2 Å². The van der Waals surface area contributed by atoms with Crippen molar-refractivity contribution in [1.82, 2.24) is 0 Å². The number of carbonyl (C=O) groups is 1. The minimum absolute atomic E-state index is 0.0828. The molecule has 94 valence electrons. The second kappa shape index (κ2) is 5.05. The molecule has 0 aliphatic carbocycles. The molecular formula is C11H8ClNO5. The van der Waals surface area contributed by atoms with E-state index in [2.05, 4.69) is 0 Å². The molecule has 1 aliphatic heterocycles. The summed E-state index contributed by atoms with van der Waals surface area (Å²) in [5, 5.41) is 10.3. The van der Waals surface area contributed by atoms with Crippen molar-refractivity contribution in [1.29, 1.82) is 0 Å². The molecule has 6 nitrogen and oxygen atoms in total. The van der Waals surface area contributed by atoms with Gasteiger partial charge in [0, 0.05) is 4.92 Å². The van der Waals surface area contributed by atoms with Crippen molar-refractivity contribution < 1.29 is 19.2 Å². The predicted molar refractivity (Wildman–Crippen MR) is 61.7 cm³/mol. The van der Waals surface area contributed by atoms with Gasteiger partial charge in [0.05, 0.1) is 0 Å². The van der Waals surface area contributed by atoms with E-state index >= 15 is 0 Å². The van der Waals surface area contributed by atoms with Gasteiger partial charge < -0.3 is 9.47 Å². The number of cyclic esters (lactones) is 1. The molecule has 0 bridgehead atoms. The van der Waals surface area contributed by atoms with Crippen LogP contribution in [0.1, 0.15) is 0 Å². The van der Waals surface area contributed by atoms with Crippen molar-refractivity contribution >= 4 is 17.6 Å². The van der Waals surface area contributed by atoms with Crippen LogP contribution in [0.5, 0.6) is 5.75 Å². The van der Waals surface area contributed by atoms with E-state index in [-0.39, 0.29) is 10.8 Å². The van der Waals surface area contributed by atoms with Gasteiger partial charge in [-0.2, -0.15) is 0 Å². The number of nitrogens with zero attached hydrogens (tertiary/aromatic N) is 1. The second-order valence-electron chi connectivity index (χ2n) is 3.50. The molecule has 0 aromatic heterocycles. The van der Waals surface area contributed by atoms with Crippen molar-refractivity contribution in [2.75, 3.05) is 6.54 Å². The largest absolute Gasteiger partial charge is 0.448 e. The first-order valence-corrected chi connectivity index (χ1v) is 5.41. The van der Waals surface area contributed by atoms with Gasteiger partial charge in [0.2, 0.25) is 18.4 Å².